The van der Waals surface area contributed by atoms with Crippen LogP contribution in [0.15, 0.2) is 69.3 Å². The minimum atomic E-state index is -3.72. The van der Waals surface area contributed by atoms with Crippen LogP contribution in [0.1, 0.15) is 23.0 Å². The second-order valence-electron chi connectivity index (χ2n) is 6.94. The molecule has 1 amide bonds. The van der Waals surface area contributed by atoms with Gasteiger partial charge >= 0.3 is 0 Å². The van der Waals surface area contributed by atoms with Crippen molar-refractivity contribution < 1.29 is 17.6 Å². The van der Waals surface area contributed by atoms with Crippen molar-refractivity contribution in [2.24, 2.45) is 0 Å². The fourth-order valence-electron chi connectivity index (χ4n) is 2.95. The van der Waals surface area contributed by atoms with Crippen molar-refractivity contribution in [3.05, 3.63) is 66.3 Å². The highest BCUT2D eigenvalue weighted by atomic mass is 32.2. The number of nitrogens with one attached hydrogen (secondary N) is 2. The van der Waals surface area contributed by atoms with Crippen LogP contribution in [0, 0.1) is 0 Å². The summed E-state index contributed by atoms with van der Waals surface area (Å²) in [7, 11) is -1.90. The molecule has 1 aromatic carbocycles. The van der Waals surface area contributed by atoms with Gasteiger partial charge in [-0.3, -0.25) is 9.78 Å². The Balaban J connectivity index is 1.44. The summed E-state index contributed by atoms with van der Waals surface area (Å²) in [5, 5.41) is 3.59. The monoisotopic (exact) mass is 439 g/mol. The Labute approximate surface area is 179 Å². The molecule has 0 atom stereocenters. The number of hydrogen-bond donors (Lipinski definition) is 2. The number of aromatic amines is 1. The van der Waals surface area contributed by atoms with Crippen LogP contribution in [0.25, 0.3) is 11.0 Å². The van der Waals surface area contributed by atoms with Gasteiger partial charge in [0.2, 0.25) is 15.8 Å². The Kier molecular flexibility index (Phi) is 5.47. The van der Waals surface area contributed by atoms with Crippen LogP contribution >= 0.6 is 0 Å². The molecule has 10 heteroatoms. The summed E-state index contributed by atoms with van der Waals surface area (Å²) in [4.78, 5) is 25.2. The van der Waals surface area contributed by atoms with Gasteiger partial charge in [-0.1, -0.05) is 12.1 Å². The van der Waals surface area contributed by atoms with E-state index in [-0.39, 0.29) is 28.1 Å². The number of carbonyl (C=O) groups is 1. The number of benzene rings is 1. The molecule has 4 rings (SSSR count). The average molecular weight is 439 g/mol. The Bertz CT molecular complexity index is 1290. The van der Waals surface area contributed by atoms with Crippen LogP contribution in [0.3, 0.4) is 0 Å². The second-order valence-corrected chi connectivity index (χ2v) is 8.86. The standard InChI is InChI=1S/C21H21N5O4S/c1-3-26(2)21-24-13-19(25-21)31(28,29)16-6-4-14(5-7-16)11-23-20(27)17-10-15-8-9-22-12-18(15)30-17/h4-10,12-13H,3,11H2,1-2H3,(H,23,27)(H,24,25). The minimum absolute atomic E-state index is 0.0308. The van der Waals surface area contributed by atoms with Gasteiger partial charge in [0.1, 0.15) is 0 Å². The van der Waals surface area contributed by atoms with E-state index in [4.69, 9.17) is 4.42 Å². The maximum absolute atomic E-state index is 12.8. The van der Waals surface area contributed by atoms with Gasteiger partial charge in [-0.05, 0) is 36.8 Å². The van der Waals surface area contributed by atoms with E-state index in [0.29, 0.717) is 18.1 Å². The molecule has 3 aromatic heterocycles. The second kappa shape index (κ2) is 8.23. The first kappa shape index (κ1) is 20.6. The number of rotatable bonds is 7. The quantitative estimate of drug-likeness (QED) is 0.454. The lowest BCUT2D eigenvalue weighted by Gasteiger charge is -2.11. The van der Waals surface area contributed by atoms with E-state index in [9.17, 15) is 13.2 Å². The number of H-pyrrole nitrogens is 1. The van der Waals surface area contributed by atoms with Gasteiger partial charge in [-0.15, -0.1) is 0 Å². The van der Waals surface area contributed by atoms with Gasteiger partial charge < -0.3 is 19.6 Å². The molecule has 0 radical (unpaired) electrons. The third-order valence-electron chi connectivity index (χ3n) is 4.90. The fraction of sp³-hybridized carbons (Fsp3) is 0.190. The number of nitrogens with zero attached hydrogens (tertiary/aromatic N) is 3. The number of imidazole rings is 1. The Morgan fingerprint density at radius 3 is 2.68 bits per heavy atom. The largest absolute Gasteiger partial charge is 0.449 e. The molecule has 0 unspecified atom stereocenters. The van der Waals surface area contributed by atoms with Crippen molar-refractivity contribution >= 4 is 32.7 Å². The van der Waals surface area contributed by atoms with Crippen LogP contribution in [-0.2, 0) is 16.4 Å². The molecule has 0 saturated carbocycles. The summed E-state index contributed by atoms with van der Waals surface area (Å²) in [5.74, 6) is 0.314. The lowest BCUT2D eigenvalue weighted by molar-refractivity contribution is 0.0925. The van der Waals surface area contributed by atoms with Crippen LogP contribution in [0.4, 0.5) is 5.95 Å². The van der Waals surface area contributed by atoms with Gasteiger partial charge in [-0.2, -0.15) is 0 Å². The van der Waals surface area contributed by atoms with E-state index in [1.807, 2.05) is 18.9 Å². The van der Waals surface area contributed by atoms with E-state index in [1.54, 1.807) is 36.7 Å². The molecule has 3 heterocycles. The van der Waals surface area contributed by atoms with Gasteiger partial charge in [-0.25, -0.2) is 13.4 Å². The molecule has 0 aliphatic rings. The molecule has 0 fully saturated rings. The molecule has 0 bridgehead atoms. The van der Waals surface area contributed by atoms with Crippen LogP contribution in [0.5, 0.6) is 0 Å². The summed E-state index contributed by atoms with van der Waals surface area (Å²) >= 11 is 0. The zero-order chi connectivity index (χ0) is 22.0. The smallest absolute Gasteiger partial charge is 0.287 e. The molecule has 0 aliphatic carbocycles. The van der Waals surface area contributed by atoms with Crippen molar-refractivity contribution in [2.75, 3.05) is 18.5 Å². The maximum atomic E-state index is 12.8. The van der Waals surface area contributed by atoms with Crippen molar-refractivity contribution in [1.29, 1.82) is 0 Å². The van der Waals surface area contributed by atoms with E-state index in [0.717, 1.165) is 10.9 Å². The number of pyridine rings is 1. The van der Waals surface area contributed by atoms with Gasteiger partial charge in [0.25, 0.3) is 5.91 Å². The summed E-state index contributed by atoms with van der Waals surface area (Å²) in [6.07, 6.45) is 4.49. The third-order valence-corrected chi connectivity index (χ3v) is 6.58. The summed E-state index contributed by atoms with van der Waals surface area (Å²) in [6.45, 7) is 2.86. The Hall–Kier alpha value is -3.66. The number of fused-ring (bicyclic) bond motifs is 1. The van der Waals surface area contributed by atoms with Crippen molar-refractivity contribution in [2.45, 2.75) is 23.4 Å². The maximum Gasteiger partial charge on any atom is 0.287 e. The van der Waals surface area contributed by atoms with E-state index >= 15 is 0 Å². The normalized spacial score (nSPS) is 11.5. The molecule has 31 heavy (non-hydrogen) atoms. The number of anilines is 1. The number of aromatic nitrogens is 3. The highest BCUT2D eigenvalue weighted by Crippen LogP contribution is 2.22. The lowest BCUT2D eigenvalue weighted by atomic mass is 10.2. The summed E-state index contributed by atoms with van der Waals surface area (Å²) in [6, 6.07) is 9.74. The van der Waals surface area contributed by atoms with E-state index < -0.39 is 9.84 Å². The van der Waals surface area contributed by atoms with Gasteiger partial charge in [0.05, 0.1) is 17.3 Å². The van der Waals surface area contributed by atoms with Crippen LogP contribution in [-0.4, -0.2) is 42.9 Å². The number of amides is 1. The third kappa shape index (κ3) is 4.15. The molecule has 2 N–H and O–H groups in total. The number of carbonyl (C=O) groups excluding carboxylic acids is 1. The first-order valence-corrected chi connectivity index (χ1v) is 11.1. The molecule has 0 spiro atoms. The zero-order valence-electron chi connectivity index (χ0n) is 17.0. The first-order valence-electron chi connectivity index (χ1n) is 9.60. The zero-order valence-corrected chi connectivity index (χ0v) is 17.8. The van der Waals surface area contributed by atoms with Gasteiger partial charge in [0.15, 0.2) is 16.4 Å². The molecule has 0 saturated heterocycles. The van der Waals surface area contributed by atoms with Gasteiger partial charge in [0, 0.05) is 31.7 Å². The SMILES string of the molecule is CCN(C)c1ncc(S(=O)(=O)c2ccc(CNC(=O)c3cc4ccncc4o3)cc2)[nH]1. The Morgan fingerprint density at radius 1 is 1.19 bits per heavy atom. The van der Waals surface area contributed by atoms with Crippen LogP contribution in [0.2, 0.25) is 0 Å². The van der Waals surface area contributed by atoms with E-state index in [2.05, 4.69) is 20.3 Å². The Morgan fingerprint density at radius 2 is 1.97 bits per heavy atom. The number of hydrogen-bond acceptors (Lipinski definition) is 7. The lowest BCUT2D eigenvalue weighted by Crippen LogP contribution is -2.22. The molecular weight excluding hydrogens is 418 g/mol. The highest BCUT2D eigenvalue weighted by Gasteiger charge is 2.21. The number of sulfone groups is 1. The van der Waals surface area contributed by atoms with Crippen molar-refractivity contribution in [3.8, 4) is 0 Å². The first-order chi connectivity index (χ1) is 14.9. The average Bonchev–Trinajstić information content (AvgIpc) is 3.45. The van der Waals surface area contributed by atoms with E-state index in [1.165, 1.54) is 18.3 Å². The molecule has 0 aliphatic heterocycles. The minimum Gasteiger partial charge on any atom is -0.449 e. The summed E-state index contributed by atoms with van der Waals surface area (Å²) in [5.41, 5.74) is 1.29. The molecular formula is C21H21N5O4S. The van der Waals surface area contributed by atoms with Crippen molar-refractivity contribution in [3.63, 3.8) is 0 Å². The van der Waals surface area contributed by atoms with Crippen LogP contribution < -0.4 is 10.2 Å². The topological polar surface area (TPSA) is 121 Å². The molecule has 9 nitrogen and oxygen atoms in total. The predicted molar refractivity (Wildman–Crippen MR) is 115 cm³/mol. The van der Waals surface area contributed by atoms with Crippen molar-refractivity contribution in [1.82, 2.24) is 20.3 Å². The fourth-order valence-corrected chi connectivity index (χ4v) is 4.12. The number of furan rings is 1. The molecule has 160 valence electrons. The highest BCUT2D eigenvalue weighted by molar-refractivity contribution is 7.91. The summed E-state index contributed by atoms with van der Waals surface area (Å²) < 4.78 is 31.1. The molecule has 4 aromatic rings. The predicted octanol–water partition coefficient (Wildman–Crippen LogP) is 2.77.